The summed E-state index contributed by atoms with van der Waals surface area (Å²) in [5.41, 5.74) is 1.04. The van der Waals surface area contributed by atoms with Gasteiger partial charge in [-0.05, 0) is 35.0 Å². The quantitative estimate of drug-likeness (QED) is 0.271. The summed E-state index contributed by atoms with van der Waals surface area (Å²) in [4.78, 5) is 0. The van der Waals surface area contributed by atoms with Crippen molar-refractivity contribution in [3.8, 4) is 11.5 Å². The molecule has 2 N–H and O–H groups in total. The molecule has 0 fully saturated rings. The lowest BCUT2D eigenvalue weighted by Crippen LogP contribution is -3.00. The fourth-order valence-electron chi connectivity index (χ4n) is 2.69. The number of benzene rings is 2. The summed E-state index contributed by atoms with van der Waals surface area (Å²) >= 11 is 0. The number of hydrogen-bond donors (Lipinski definition) is 2. The summed E-state index contributed by atoms with van der Waals surface area (Å²) in [6.45, 7) is 0. The molecule has 0 saturated heterocycles. The average Bonchev–Trinajstić information content (AvgIpc) is 2.45. The van der Waals surface area contributed by atoms with Crippen LogP contribution in [-0.2, 0) is 0 Å². The Kier molecular flexibility index (Phi) is 3.18. The first-order chi connectivity index (χ1) is 9.72. The van der Waals surface area contributed by atoms with E-state index in [0.29, 0.717) is 0 Å². The van der Waals surface area contributed by atoms with Gasteiger partial charge in [0.25, 0.3) is 0 Å². The first-order valence-electron chi connectivity index (χ1n) is 6.41. The summed E-state index contributed by atoms with van der Waals surface area (Å²) < 4.78 is 1.99. The fourth-order valence-corrected chi connectivity index (χ4v) is 2.69. The van der Waals surface area contributed by atoms with Crippen molar-refractivity contribution >= 4 is 27.1 Å². The molecule has 0 spiro atoms. The Morgan fingerprint density at radius 1 is 0.810 bits per heavy atom. The molecule has 21 heavy (non-hydrogen) atoms. The summed E-state index contributed by atoms with van der Waals surface area (Å²) in [6.07, 6.45) is 3.86. The van der Waals surface area contributed by atoms with Crippen LogP contribution in [0.15, 0.2) is 60.9 Å². The van der Waals surface area contributed by atoms with Crippen molar-refractivity contribution in [1.29, 1.82) is 0 Å². The maximum absolute atomic E-state index is 9.93. The maximum Gasteiger partial charge on any atom is 0.219 e. The largest absolute Gasteiger partial charge is 1.00 e. The van der Waals surface area contributed by atoms with Gasteiger partial charge in [0.2, 0.25) is 5.52 Å². The van der Waals surface area contributed by atoms with Crippen LogP contribution in [0.5, 0.6) is 11.5 Å². The first-order valence-corrected chi connectivity index (χ1v) is 6.41. The zero-order valence-electron chi connectivity index (χ0n) is 11.0. The van der Waals surface area contributed by atoms with Gasteiger partial charge < -0.3 is 27.2 Å². The second kappa shape index (κ2) is 4.90. The van der Waals surface area contributed by atoms with Crippen LogP contribution >= 0.6 is 0 Å². The molecule has 2 aromatic heterocycles. The molecule has 4 aromatic rings. The smallest absolute Gasteiger partial charge is 0.219 e. The predicted octanol–water partition coefficient (Wildman–Crippen LogP) is 0.147. The van der Waals surface area contributed by atoms with Crippen molar-refractivity contribution in [3.63, 3.8) is 0 Å². The molecule has 0 aliphatic carbocycles. The Morgan fingerprint density at radius 2 is 1.62 bits per heavy atom. The minimum Gasteiger partial charge on any atom is -1.00 e. The number of pyridine rings is 2. The SMILES string of the molecule is Oc1ccc2c(cc[n+]3cc4c(O)cccc4cc23)c1.[Br-]. The van der Waals surface area contributed by atoms with E-state index in [1.54, 1.807) is 18.2 Å². The van der Waals surface area contributed by atoms with Crippen LogP contribution in [-0.4, -0.2) is 10.2 Å². The lowest BCUT2D eigenvalue weighted by molar-refractivity contribution is -0.509. The molecule has 0 atom stereocenters. The van der Waals surface area contributed by atoms with E-state index in [4.69, 9.17) is 0 Å². The number of phenols is 2. The third kappa shape index (κ3) is 2.08. The molecule has 0 saturated carbocycles. The molecular weight excluding hydrogens is 330 g/mol. The van der Waals surface area contributed by atoms with Crippen molar-refractivity contribution in [2.45, 2.75) is 0 Å². The van der Waals surface area contributed by atoms with Gasteiger partial charge in [-0.2, -0.15) is 4.40 Å². The second-order valence-corrected chi connectivity index (χ2v) is 4.93. The van der Waals surface area contributed by atoms with E-state index in [1.165, 1.54) is 0 Å². The molecule has 0 unspecified atom stereocenters. The highest BCUT2D eigenvalue weighted by atomic mass is 79.9. The van der Waals surface area contributed by atoms with Crippen molar-refractivity contribution in [1.82, 2.24) is 0 Å². The van der Waals surface area contributed by atoms with E-state index in [0.717, 1.165) is 27.1 Å². The van der Waals surface area contributed by atoms with Crippen molar-refractivity contribution in [2.75, 3.05) is 0 Å². The number of nitrogens with zero attached hydrogens (tertiary/aromatic N) is 1. The number of rotatable bonds is 0. The highest BCUT2D eigenvalue weighted by Crippen LogP contribution is 2.27. The van der Waals surface area contributed by atoms with Crippen LogP contribution in [0.25, 0.3) is 27.1 Å². The number of halogens is 1. The molecule has 104 valence electrons. The molecule has 3 nitrogen and oxygen atoms in total. The number of aromatic nitrogens is 1. The lowest BCUT2D eigenvalue weighted by Gasteiger charge is -2.02. The Balaban J connectivity index is 0.00000132. The summed E-state index contributed by atoms with van der Waals surface area (Å²) in [7, 11) is 0. The Morgan fingerprint density at radius 3 is 2.48 bits per heavy atom. The van der Waals surface area contributed by atoms with Crippen LogP contribution < -0.4 is 21.4 Å². The van der Waals surface area contributed by atoms with Gasteiger partial charge in [0.1, 0.15) is 11.5 Å². The zero-order valence-corrected chi connectivity index (χ0v) is 12.6. The molecule has 4 heteroatoms. The highest BCUT2D eigenvalue weighted by molar-refractivity contribution is 5.98. The summed E-state index contributed by atoms with van der Waals surface area (Å²) in [5.74, 6) is 0.544. The molecule has 0 bridgehead atoms. The van der Waals surface area contributed by atoms with Crippen LogP contribution in [0, 0.1) is 0 Å². The van der Waals surface area contributed by atoms with Crippen molar-refractivity contribution in [2.24, 2.45) is 0 Å². The van der Waals surface area contributed by atoms with Crippen molar-refractivity contribution in [3.05, 3.63) is 60.9 Å². The topological polar surface area (TPSA) is 44.6 Å². The van der Waals surface area contributed by atoms with E-state index < -0.39 is 0 Å². The fraction of sp³-hybridized carbons (Fsp3) is 0. The number of aromatic hydroxyl groups is 2. The van der Waals surface area contributed by atoms with Crippen LogP contribution in [0.1, 0.15) is 0 Å². The van der Waals surface area contributed by atoms with Gasteiger partial charge in [-0.3, -0.25) is 0 Å². The second-order valence-electron chi connectivity index (χ2n) is 4.93. The van der Waals surface area contributed by atoms with Gasteiger partial charge in [0, 0.05) is 12.1 Å². The first kappa shape index (κ1) is 13.6. The monoisotopic (exact) mass is 341 g/mol. The standard InChI is InChI=1S/C17H11NO2.BrH/c19-13-4-5-14-12(8-13)6-7-18-10-15-11(9-16(14)18)2-1-3-17(15)20;/h1-10H,(H,19,20);1H. The Hall–Kier alpha value is -2.33. The molecule has 0 radical (unpaired) electrons. The number of phenolic OH excluding ortho intramolecular Hbond substituents is 2. The predicted molar refractivity (Wildman–Crippen MR) is 77.9 cm³/mol. The minimum atomic E-state index is 0. The van der Waals surface area contributed by atoms with Crippen LogP contribution in [0.3, 0.4) is 0 Å². The van der Waals surface area contributed by atoms with E-state index >= 15 is 0 Å². The summed E-state index contributed by atoms with van der Waals surface area (Å²) in [6, 6.07) is 14.9. The van der Waals surface area contributed by atoms with Gasteiger partial charge in [0.15, 0.2) is 12.4 Å². The molecular formula is C17H12BrNO2. The normalized spacial score (nSPS) is 10.9. The van der Waals surface area contributed by atoms with Gasteiger partial charge >= 0.3 is 0 Å². The van der Waals surface area contributed by atoms with Crippen molar-refractivity contribution < 1.29 is 31.6 Å². The van der Waals surface area contributed by atoms with Crippen LogP contribution in [0.4, 0.5) is 0 Å². The number of fused-ring (bicyclic) bond motifs is 4. The van der Waals surface area contributed by atoms with Gasteiger partial charge in [0.05, 0.1) is 10.8 Å². The zero-order chi connectivity index (χ0) is 13.7. The van der Waals surface area contributed by atoms with E-state index in [-0.39, 0.29) is 28.5 Å². The van der Waals surface area contributed by atoms with E-state index in [1.807, 2.05) is 41.1 Å². The molecule has 0 amide bonds. The molecule has 2 heterocycles. The van der Waals surface area contributed by atoms with E-state index in [2.05, 4.69) is 6.07 Å². The molecule has 0 aliphatic heterocycles. The molecule has 4 rings (SSSR count). The molecule has 0 aliphatic rings. The minimum absolute atomic E-state index is 0. The maximum atomic E-state index is 9.93. The highest BCUT2D eigenvalue weighted by Gasteiger charge is 2.11. The van der Waals surface area contributed by atoms with Crippen LogP contribution in [0.2, 0.25) is 0 Å². The average molecular weight is 342 g/mol. The Labute approximate surface area is 131 Å². The Bertz CT molecular complexity index is 982. The summed E-state index contributed by atoms with van der Waals surface area (Å²) in [5, 5.41) is 23.4. The third-order valence-corrected chi connectivity index (χ3v) is 3.68. The molecule has 2 aromatic carbocycles. The van der Waals surface area contributed by atoms with Gasteiger partial charge in [-0.1, -0.05) is 12.1 Å². The van der Waals surface area contributed by atoms with E-state index in [9.17, 15) is 10.2 Å². The third-order valence-electron chi connectivity index (χ3n) is 3.68. The van der Waals surface area contributed by atoms with Gasteiger partial charge in [-0.25, -0.2) is 0 Å². The number of hydrogen-bond acceptors (Lipinski definition) is 2. The lowest BCUT2D eigenvalue weighted by atomic mass is 10.1. The van der Waals surface area contributed by atoms with Gasteiger partial charge in [-0.15, -0.1) is 0 Å².